The Morgan fingerprint density at radius 2 is 2.19 bits per heavy atom. The highest BCUT2D eigenvalue weighted by Crippen LogP contribution is 2.05. The van der Waals surface area contributed by atoms with Gasteiger partial charge in [0.1, 0.15) is 9.84 Å². The maximum atomic E-state index is 10.9. The van der Waals surface area contributed by atoms with Crippen LogP contribution in [0.4, 0.5) is 0 Å². The predicted molar refractivity (Wildman–Crippen MR) is 65.0 cm³/mol. The third-order valence-corrected chi connectivity index (χ3v) is 3.25. The first-order valence-corrected chi connectivity index (χ1v) is 7.40. The molecule has 1 aromatic heterocycles. The minimum absolute atomic E-state index is 0.168. The summed E-state index contributed by atoms with van der Waals surface area (Å²) in [5.74, 6) is 0.168. The summed E-state index contributed by atoms with van der Waals surface area (Å²) >= 11 is 0. The van der Waals surface area contributed by atoms with E-state index >= 15 is 0 Å². The van der Waals surface area contributed by atoms with Gasteiger partial charge >= 0.3 is 0 Å². The molecule has 1 rings (SSSR count). The van der Waals surface area contributed by atoms with Crippen LogP contribution in [0.2, 0.25) is 0 Å². The molecule has 0 amide bonds. The summed E-state index contributed by atoms with van der Waals surface area (Å²) in [5.41, 5.74) is 2.20. The lowest BCUT2D eigenvalue weighted by Gasteiger charge is -2.07. The number of hydrogen-bond acceptors (Lipinski definition) is 4. The van der Waals surface area contributed by atoms with E-state index in [0.29, 0.717) is 13.1 Å². The molecule has 16 heavy (non-hydrogen) atoms. The Hall–Kier alpha value is -0.940. The van der Waals surface area contributed by atoms with E-state index in [-0.39, 0.29) is 5.75 Å². The lowest BCUT2D eigenvalue weighted by Crippen LogP contribution is -2.23. The van der Waals surface area contributed by atoms with Crippen molar-refractivity contribution >= 4 is 9.84 Å². The first-order chi connectivity index (χ1) is 7.53. The highest BCUT2D eigenvalue weighted by atomic mass is 32.2. The number of hydrogen-bond donors (Lipinski definition) is 1. The zero-order chi connectivity index (χ0) is 12.0. The molecule has 0 aliphatic rings. The molecule has 0 aromatic carbocycles. The Morgan fingerprint density at radius 3 is 2.81 bits per heavy atom. The van der Waals surface area contributed by atoms with Gasteiger partial charge in [0.05, 0.1) is 11.4 Å². The zero-order valence-corrected chi connectivity index (χ0v) is 10.5. The molecule has 4 nitrogen and oxygen atoms in total. The van der Waals surface area contributed by atoms with Crippen molar-refractivity contribution in [3.8, 4) is 0 Å². The molecule has 0 aliphatic carbocycles. The van der Waals surface area contributed by atoms with Gasteiger partial charge in [-0.3, -0.25) is 4.98 Å². The van der Waals surface area contributed by atoms with Gasteiger partial charge in [-0.2, -0.15) is 0 Å². The normalized spacial score (nSPS) is 11.6. The van der Waals surface area contributed by atoms with Crippen LogP contribution in [0.3, 0.4) is 0 Å². The van der Waals surface area contributed by atoms with Crippen LogP contribution in [0.15, 0.2) is 18.3 Å². The highest BCUT2D eigenvalue weighted by molar-refractivity contribution is 7.90. The predicted octanol–water partition coefficient (Wildman–Crippen LogP) is 0.778. The van der Waals surface area contributed by atoms with Crippen LogP contribution >= 0.6 is 0 Å². The zero-order valence-electron chi connectivity index (χ0n) is 9.73. The SMILES string of the molecule is CCc1cccnc1CNCCS(C)(=O)=O. The van der Waals surface area contributed by atoms with E-state index in [1.807, 2.05) is 12.1 Å². The molecule has 5 heteroatoms. The van der Waals surface area contributed by atoms with Gasteiger partial charge in [0.2, 0.25) is 0 Å². The lowest BCUT2D eigenvalue weighted by atomic mass is 10.1. The average molecular weight is 242 g/mol. The van der Waals surface area contributed by atoms with Crippen molar-refractivity contribution < 1.29 is 8.42 Å². The quantitative estimate of drug-likeness (QED) is 0.749. The monoisotopic (exact) mass is 242 g/mol. The second-order valence-corrected chi connectivity index (χ2v) is 6.03. The fourth-order valence-corrected chi connectivity index (χ4v) is 1.93. The van der Waals surface area contributed by atoms with Gasteiger partial charge in [0, 0.05) is 25.5 Å². The molecule has 0 saturated carbocycles. The van der Waals surface area contributed by atoms with E-state index in [2.05, 4.69) is 17.2 Å². The maximum absolute atomic E-state index is 10.9. The summed E-state index contributed by atoms with van der Waals surface area (Å²) in [7, 11) is -2.88. The molecule has 1 heterocycles. The minimum atomic E-state index is -2.88. The largest absolute Gasteiger partial charge is 0.310 e. The molecular formula is C11H18N2O2S. The smallest absolute Gasteiger partial charge is 0.148 e. The summed E-state index contributed by atoms with van der Waals surface area (Å²) in [4.78, 5) is 4.27. The molecule has 0 fully saturated rings. The number of nitrogens with one attached hydrogen (secondary N) is 1. The summed E-state index contributed by atoms with van der Waals surface area (Å²) in [6.07, 6.45) is 3.94. The van der Waals surface area contributed by atoms with Crippen LogP contribution in [0.25, 0.3) is 0 Å². The number of rotatable bonds is 6. The molecule has 0 bridgehead atoms. The standard InChI is InChI=1S/C11H18N2O2S/c1-3-10-5-4-6-13-11(10)9-12-7-8-16(2,14)15/h4-6,12H,3,7-9H2,1-2H3. The second kappa shape index (κ2) is 5.96. The van der Waals surface area contributed by atoms with E-state index in [1.165, 1.54) is 11.8 Å². The summed E-state index contributed by atoms with van der Waals surface area (Å²) in [6, 6.07) is 3.96. The highest BCUT2D eigenvalue weighted by Gasteiger charge is 2.03. The topological polar surface area (TPSA) is 59.1 Å². The van der Waals surface area contributed by atoms with Crippen LogP contribution in [0.5, 0.6) is 0 Å². The van der Waals surface area contributed by atoms with Gasteiger partial charge in [-0.25, -0.2) is 8.42 Å². The van der Waals surface area contributed by atoms with Crippen molar-refractivity contribution in [3.63, 3.8) is 0 Å². The fraction of sp³-hybridized carbons (Fsp3) is 0.545. The molecule has 1 aromatic rings. The van der Waals surface area contributed by atoms with E-state index in [4.69, 9.17) is 0 Å². The van der Waals surface area contributed by atoms with Gasteiger partial charge in [-0.05, 0) is 18.1 Å². The van der Waals surface area contributed by atoms with E-state index in [0.717, 1.165) is 12.1 Å². The lowest BCUT2D eigenvalue weighted by molar-refractivity contribution is 0.595. The number of aryl methyl sites for hydroxylation is 1. The van der Waals surface area contributed by atoms with Crippen LogP contribution in [0.1, 0.15) is 18.2 Å². The summed E-state index contributed by atoms with van der Waals surface area (Å²) in [6.45, 7) is 3.18. The van der Waals surface area contributed by atoms with Crippen molar-refractivity contribution in [2.45, 2.75) is 19.9 Å². The fourth-order valence-electron chi connectivity index (χ4n) is 1.42. The van der Waals surface area contributed by atoms with E-state index in [9.17, 15) is 8.42 Å². The molecule has 0 atom stereocenters. The number of nitrogens with zero attached hydrogens (tertiary/aromatic N) is 1. The first kappa shape index (κ1) is 13.1. The Kier molecular flexibility index (Phi) is 4.89. The van der Waals surface area contributed by atoms with Crippen LogP contribution in [0, 0.1) is 0 Å². The Balaban J connectivity index is 2.43. The molecule has 0 spiro atoms. The van der Waals surface area contributed by atoms with Gasteiger partial charge in [-0.1, -0.05) is 13.0 Å². The minimum Gasteiger partial charge on any atom is -0.310 e. The maximum Gasteiger partial charge on any atom is 0.148 e. The molecule has 0 radical (unpaired) electrons. The van der Waals surface area contributed by atoms with E-state index < -0.39 is 9.84 Å². The number of aromatic nitrogens is 1. The molecule has 90 valence electrons. The van der Waals surface area contributed by atoms with Crippen LogP contribution in [-0.4, -0.2) is 32.0 Å². The van der Waals surface area contributed by atoms with Crippen molar-refractivity contribution in [3.05, 3.63) is 29.6 Å². The van der Waals surface area contributed by atoms with Gasteiger partial charge in [0.25, 0.3) is 0 Å². The molecule has 0 saturated heterocycles. The van der Waals surface area contributed by atoms with Crippen LogP contribution in [-0.2, 0) is 22.8 Å². The third-order valence-electron chi connectivity index (χ3n) is 2.31. The van der Waals surface area contributed by atoms with Gasteiger partial charge < -0.3 is 5.32 Å². The van der Waals surface area contributed by atoms with Crippen molar-refractivity contribution in [2.75, 3.05) is 18.6 Å². The Bertz CT molecular complexity index is 429. The summed E-state index contributed by atoms with van der Waals surface area (Å²) in [5, 5.41) is 3.09. The van der Waals surface area contributed by atoms with Crippen molar-refractivity contribution in [1.82, 2.24) is 10.3 Å². The Morgan fingerprint density at radius 1 is 1.44 bits per heavy atom. The molecular weight excluding hydrogens is 224 g/mol. The summed E-state index contributed by atoms with van der Waals surface area (Å²) < 4.78 is 21.8. The van der Waals surface area contributed by atoms with E-state index in [1.54, 1.807) is 6.20 Å². The number of pyridine rings is 1. The molecule has 0 unspecified atom stereocenters. The second-order valence-electron chi connectivity index (χ2n) is 3.77. The van der Waals surface area contributed by atoms with Crippen LogP contribution < -0.4 is 5.32 Å². The Labute approximate surface area is 97.0 Å². The van der Waals surface area contributed by atoms with Gasteiger partial charge in [0.15, 0.2) is 0 Å². The van der Waals surface area contributed by atoms with Gasteiger partial charge in [-0.15, -0.1) is 0 Å². The van der Waals surface area contributed by atoms with Crippen molar-refractivity contribution in [1.29, 1.82) is 0 Å². The average Bonchev–Trinajstić information content (AvgIpc) is 2.23. The third kappa shape index (κ3) is 4.72. The van der Waals surface area contributed by atoms with Crippen molar-refractivity contribution in [2.24, 2.45) is 0 Å². The first-order valence-electron chi connectivity index (χ1n) is 5.34. The molecule has 0 aliphatic heterocycles. The molecule has 1 N–H and O–H groups in total. The number of sulfone groups is 1.